The Morgan fingerprint density at radius 2 is 2.37 bits per heavy atom. The summed E-state index contributed by atoms with van der Waals surface area (Å²) < 4.78 is 10.5. The van der Waals surface area contributed by atoms with Gasteiger partial charge in [-0.15, -0.1) is 0 Å². The molecule has 1 aromatic rings. The monoisotopic (exact) mass is 283 g/mol. The molecule has 0 saturated carbocycles. The van der Waals surface area contributed by atoms with Gasteiger partial charge in [0.1, 0.15) is 5.75 Å². The lowest BCUT2D eigenvalue weighted by atomic mass is 10.1. The largest absolute Gasteiger partial charge is 0.496 e. The zero-order chi connectivity index (χ0) is 13.8. The summed E-state index contributed by atoms with van der Waals surface area (Å²) in [7, 11) is 3.40. The summed E-state index contributed by atoms with van der Waals surface area (Å²) in [5.41, 5.74) is 0.907. The topological polar surface area (TPSA) is 38.8 Å². The SMILES string of the molecule is COc1ccc(Cl)cc1CN(C)C(=O)[C@@H]1CCOC1. The summed E-state index contributed by atoms with van der Waals surface area (Å²) in [6, 6.07) is 5.42. The Balaban J connectivity index is 2.07. The summed E-state index contributed by atoms with van der Waals surface area (Å²) in [5.74, 6) is 0.835. The summed E-state index contributed by atoms with van der Waals surface area (Å²) >= 11 is 5.98. The number of hydrogen-bond acceptors (Lipinski definition) is 3. The first-order valence-electron chi connectivity index (χ1n) is 6.27. The van der Waals surface area contributed by atoms with E-state index in [-0.39, 0.29) is 11.8 Å². The predicted molar refractivity (Wildman–Crippen MR) is 73.4 cm³/mol. The van der Waals surface area contributed by atoms with Gasteiger partial charge in [-0.2, -0.15) is 0 Å². The minimum Gasteiger partial charge on any atom is -0.496 e. The van der Waals surface area contributed by atoms with Crippen molar-refractivity contribution < 1.29 is 14.3 Å². The quantitative estimate of drug-likeness (QED) is 0.851. The Morgan fingerprint density at radius 3 is 3.00 bits per heavy atom. The van der Waals surface area contributed by atoms with E-state index in [2.05, 4.69) is 0 Å². The zero-order valence-electron chi connectivity index (χ0n) is 11.2. The smallest absolute Gasteiger partial charge is 0.228 e. The number of carbonyl (C=O) groups is 1. The van der Waals surface area contributed by atoms with E-state index in [0.717, 1.165) is 17.7 Å². The second-order valence-electron chi connectivity index (χ2n) is 4.71. The average Bonchev–Trinajstić information content (AvgIpc) is 2.92. The highest BCUT2D eigenvalue weighted by atomic mass is 35.5. The molecule has 1 aromatic carbocycles. The summed E-state index contributed by atoms with van der Waals surface area (Å²) in [6.45, 7) is 1.68. The van der Waals surface area contributed by atoms with Gasteiger partial charge in [-0.05, 0) is 24.6 Å². The van der Waals surface area contributed by atoms with Gasteiger partial charge in [0.05, 0.1) is 19.6 Å². The fourth-order valence-corrected chi connectivity index (χ4v) is 2.44. The van der Waals surface area contributed by atoms with E-state index in [1.807, 2.05) is 12.1 Å². The van der Waals surface area contributed by atoms with E-state index in [1.165, 1.54) is 0 Å². The van der Waals surface area contributed by atoms with Crippen LogP contribution in [0, 0.1) is 5.92 Å². The number of methoxy groups -OCH3 is 1. The van der Waals surface area contributed by atoms with Gasteiger partial charge in [0.15, 0.2) is 0 Å². The summed E-state index contributed by atoms with van der Waals surface area (Å²) in [6.07, 6.45) is 0.801. The van der Waals surface area contributed by atoms with Crippen LogP contribution in [0.1, 0.15) is 12.0 Å². The Labute approximate surface area is 118 Å². The third kappa shape index (κ3) is 3.39. The first-order chi connectivity index (χ1) is 9.11. The van der Waals surface area contributed by atoms with E-state index in [4.69, 9.17) is 21.1 Å². The maximum Gasteiger partial charge on any atom is 0.228 e. The van der Waals surface area contributed by atoms with Crippen LogP contribution in [0.2, 0.25) is 5.02 Å². The number of halogens is 1. The highest BCUT2D eigenvalue weighted by Crippen LogP contribution is 2.25. The van der Waals surface area contributed by atoms with Crippen molar-refractivity contribution >= 4 is 17.5 Å². The molecule has 0 radical (unpaired) electrons. The molecule has 0 N–H and O–H groups in total. The molecule has 4 nitrogen and oxygen atoms in total. The zero-order valence-corrected chi connectivity index (χ0v) is 11.9. The molecule has 0 bridgehead atoms. The van der Waals surface area contributed by atoms with Crippen LogP contribution in [0.15, 0.2) is 18.2 Å². The standard InChI is InChI=1S/C14H18ClNO3/c1-16(14(17)10-5-6-19-9-10)8-11-7-12(15)3-4-13(11)18-2/h3-4,7,10H,5-6,8-9H2,1-2H3/t10-/m1/s1. The van der Waals surface area contributed by atoms with Crippen molar-refractivity contribution in [3.05, 3.63) is 28.8 Å². The van der Waals surface area contributed by atoms with Crippen molar-refractivity contribution in [2.45, 2.75) is 13.0 Å². The summed E-state index contributed by atoms with van der Waals surface area (Å²) in [5, 5.41) is 0.640. The number of carbonyl (C=O) groups excluding carboxylic acids is 1. The third-order valence-corrected chi connectivity index (χ3v) is 3.54. The molecule has 104 valence electrons. The second kappa shape index (κ2) is 6.26. The van der Waals surface area contributed by atoms with Crippen LogP contribution in [0.25, 0.3) is 0 Å². The molecule has 1 aliphatic heterocycles. The highest BCUT2D eigenvalue weighted by Gasteiger charge is 2.26. The maximum absolute atomic E-state index is 12.2. The molecule has 0 unspecified atom stereocenters. The Hall–Kier alpha value is -1.26. The van der Waals surface area contributed by atoms with Crippen molar-refractivity contribution in [1.29, 1.82) is 0 Å². The average molecular weight is 284 g/mol. The van der Waals surface area contributed by atoms with Crippen molar-refractivity contribution in [3.8, 4) is 5.75 Å². The highest BCUT2D eigenvalue weighted by molar-refractivity contribution is 6.30. The first kappa shape index (κ1) is 14.2. The number of amides is 1. The lowest BCUT2D eigenvalue weighted by Gasteiger charge is -2.21. The van der Waals surface area contributed by atoms with Gasteiger partial charge in [0.2, 0.25) is 5.91 Å². The molecule has 0 spiro atoms. The molecule has 19 heavy (non-hydrogen) atoms. The molecule has 1 heterocycles. The lowest BCUT2D eigenvalue weighted by molar-refractivity contribution is -0.134. The molecular formula is C14H18ClNO3. The number of ether oxygens (including phenoxy) is 2. The van der Waals surface area contributed by atoms with Gasteiger partial charge in [-0.3, -0.25) is 4.79 Å². The molecule has 5 heteroatoms. The van der Waals surface area contributed by atoms with E-state index in [0.29, 0.717) is 24.8 Å². The molecular weight excluding hydrogens is 266 g/mol. The Kier molecular flexibility index (Phi) is 4.66. The van der Waals surface area contributed by atoms with Crippen molar-refractivity contribution in [3.63, 3.8) is 0 Å². The third-order valence-electron chi connectivity index (χ3n) is 3.31. The Morgan fingerprint density at radius 1 is 1.58 bits per heavy atom. The van der Waals surface area contributed by atoms with Gasteiger partial charge in [0.25, 0.3) is 0 Å². The molecule has 1 amide bonds. The van der Waals surface area contributed by atoms with E-state index in [9.17, 15) is 4.79 Å². The van der Waals surface area contributed by atoms with Gasteiger partial charge in [0, 0.05) is 30.8 Å². The van der Waals surface area contributed by atoms with Crippen molar-refractivity contribution in [2.24, 2.45) is 5.92 Å². The van der Waals surface area contributed by atoms with Crippen LogP contribution in [-0.4, -0.2) is 38.2 Å². The van der Waals surface area contributed by atoms with Crippen LogP contribution in [0.4, 0.5) is 0 Å². The van der Waals surface area contributed by atoms with Gasteiger partial charge in [-0.25, -0.2) is 0 Å². The van der Waals surface area contributed by atoms with Crippen molar-refractivity contribution in [2.75, 3.05) is 27.4 Å². The Bertz CT molecular complexity index is 458. The van der Waals surface area contributed by atoms with E-state index < -0.39 is 0 Å². The van der Waals surface area contributed by atoms with Crippen LogP contribution in [0.5, 0.6) is 5.75 Å². The van der Waals surface area contributed by atoms with E-state index in [1.54, 1.807) is 25.1 Å². The second-order valence-corrected chi connectivity index (χ2v) is 5.15. The number of rotatable bonds is 4. The minimum absolute atomic E-state index is 0.0184. The van der Waals surface area contributed by atoms with Gasteiger partial charge >= 0.3 is 0 Å². The predicted octanol–water partition coefficient (Wildman–Crippen LogP) is 2.34. The fourth-order valence-electron chi connectivity index (χ4n) is 2.25. The summed E-state index contributed by atoms with van der Waals surface area (Å²) in [4.78, 5) is 13.9. The first-order valence-corrected chi connectivity index (χ1v) is 6.64. The number of benzene rings is 1. The molecule has 1 fully saturated rings. The molecule has 0 aromatic heterocycles. The molecule has 2 rings (SSSR count). The number of hydrogen-bond donors (Lipinski definition) is 0. The van der Waals surface area contributed by atoms with Crippen LogP contribution in [-0.2, 0) is 16.1 Å². The van der Waals surface area contributed by atoms with E-state index >= 15 is 0 Å². The fraction of sp³-hybridized carbons (Fsp3) is 0.500. The minimum atomic E-state index is -0.0184. The van der Waals surface area contributed by atoms with Crippen LogP contribution in [0.3, 0.4) is 0 Å². The van der Waals surface area contributed by atoms with Gasteiger partial charge in [-0.1, -0.05) is 11.6 Å². The molecule has 1 saturated heterocycles. The maximum atomic E-state index is 12.2. The molecule has 1 aliphatic rings. The van der Waals surface area contributed by atoms with Gasteiger partial charge < -0.3 is 14.4 Å². The van der Waals surface area contributed by atoms with Crippen molar-refractivity contribution in [1.82, 2.24) is 4.90 Å². The number of nitrogens with zero attached hydrogens (tertiary/aromatic N) is 1. The molecule has 0 aliphatic carbocycles. The normalized spacial score (nSPS) is 18.4. The van der Waals surface area contributed by atoms with Crippen LogP contribution >= 0.6 is 11.6 Å². The van der Waals surface area contributed by atoms with Crippen LogP contribution < -0.4 is 4.74 Å². The molecule has 1 atom stereocenters. The lowest BCUT2D eigenvalue weighted by Crippen LogP contribution is -2.32.